The number of aliphatic hydroxyl groups excluding tert-OH is 2. The average Bonchev–Trinajstić information content (AvgIpc) is 3.35. The minimum atomic E-state index is -1.90. The Hall–Kier alpha value is -2.54. The summed E-state index contributed by atoms with van der Waals surface area (Å²) in [4.78, 5) is 51.0. The molecule has 0 aromatic heterocycles. The number of hydrogen-bond acceptors (Lipinski definition) is 11. The van der Waals surface area contributed by atoms with Gasteiger partial charge in [-0.3, -0.25) is 14.4 Å². The van der Waals surface area contributed by atoms with Crippen molar-refractivity contribution in [2.24, 2.45) is 0 Å². The molecule has 3 N–H and O–H groups in total. The summed E-state index contributed by atoms with van der Waals surface area (Å²) in [5, 5.41) is 31.4. The molecule has 12 heteroatoms. The normalized spacial score (nSPS) is 18.5. The molecule has 6 atom stereocenters. The lowest BCUT2D eigenvalue weighted by atomic mass is 9.98. The maximum absolute atomic E-state index is 13.1. The number of carboxylic acid groups (broad SMARTS) is 1. The number of carboxylic acids is 1. The Morgan fingerprint density at radius 2 is 0.817 bits per heavy atom. The zero-order valence-electron chi connectivity index (χ0n) is 45.7. The van der Waals surface area contributed by atoms with Crippen molar-refractivity contribution in [3.63, 3.8) is 0 Å². The van der Waals surface area contributed by atoms with Gasteiger partial charge in [0.05, 0.1) is 6.61 Å². The first-order chi connectivity index (χ1) is 34.6. The topological polar surface area (TPSA) is 175 Å². The van der Waals surface area contributed by atoms with E-state index in [0.29, 0.717) is 19.3 Å². The smallest absolute Gasteiger partial charge is 0.335 e. The standard InChI is InChI=1S/C59H108O12/c1-4-7-10-13-16-19-22-24-25-26-27-29-31-33-36-39-42-45-51(60)67-48-50(69-52(61)46-43-40-37-35-32-28-23-20-17-14-11-8-5-2)49-68-59-57(55(64)54(63)56(71-59)58(65)66)70-53(62)47-44-41-38-34-30-21-18-15-12-9-6-3/h15,18,50,54-57,59,63-64H,4-14,16-17,19-49H2,1-3H3,(H,65,66)/b18-15-. The molecule has 1 saturated heterocycles. The van der Waals surface area contributed by atoms with Gasteiger partial charge in [0.15, 0.2) is 24.6 Å². The van der Waals surface area contributed by atoms with E-state index in [1.807, 2.05) is 0 Å². The zero-order chi connectivity index (χ0) is 51.8. The van der Waals surface area contributed by atoms with Crippen LogP contribution >= 0.6 is 0 Å². The van der Waals surface area contributed by atoms with Gasteiger partial charge in [0.1, 0.15) is 18.8 Å². The van der Waals surface area contributed by atoms with Gasteiger partial charge in [0.25, 0.3) is 0 Å². The first-order valence-electron chi connectivity index (χ1n) is 29.7. The molecule has 1 rings (SSSR count). The predicted octanol–water partition coefficient (Wildman–Crippen LogP) is 14.9. The van der Waals surface area contributed by atoms with Crippen LogP contribution in [0.2, 0.25) is 0 Å². The third-order valence-corrected chi connectivity index (χ3v) is 13.8. The molecule has 0 spiro atoms. The SMILES string of the molecule is CCCC/C=C\CCCCCCCC(=O)OC1C(OCC(COC(=O)CCCCCCCCCCCCCCCCCCC)OC(=O)CCCCCCCCCCCCCCC)OC(C(=O)O)C(O)C1O. The highest BCUT2D eigenvalue weighted by Gasteiger charge is 2.50. The molecular formula is C59H108O12. The van der Waals surface area contributed by atoms with Gasteiger partial charge in [-0.15, -0.1) is 0 Å². The number of ether oxygens (including phenoxy) is 5. The molecule has 6 unspecified atom stereocenters. The molecule has 0 amide bonds. The van der Waals surface area contributed by atoms with Crippen LogP contribution in [0.15, 0.2) is 12.2 Å². The van der Waals surface area contributed by atoms with E-state index in [9.17, 15) is 34.5 Å². The Morgan fingerprint density at radius 3 is 1.24 bits per heavy atom. The molecular weight excluding hydrogens is 901 g/mol. The van der Waals surface area contributed by atoms with Crippen LogP contribution in [-0.4, -0.2) is 89.2 Å². The quantitative estimate of drug-likeness (QED) is 0.0228. The van der Waals surface area contributed by atoms with Crippen LogP contribution in [0.25, 0.3) is 0 Å². The summed E-state index contributed by atoms with van der Waals surface area (Å²) in [5.74, 6) is -3.09. The number of allylic oxidation sites excluding steroid dienone is 2. The van der Waals surface area contributed by atoms with Crippen LogP contribution in [0.1, 0.15) is 290 Å². The molecule has 0 saturated carbocycles. The maximum atomic E-state index is 13.1. The molecule has 0 aliphatic carbocycles. The van der Waals surface area contributed by atoms with E-state index in [0.717, 1.165) is 77.0 Å². The molecule has 0 radical (unpaired) electrons. The summed E-state index contributed by atoms with van der Waals surface area (Å²) in [7, 11) is 0. The van der Waals surface area contributed by atoms with Gasteiger partial charge in [-0.2, -0.15) is 0 Å². The first-order valence-corrected chi connectivity index (χ1v) is 29.7. The lowest BCUT2D eigenvalue weighted by Crippen LogP contribution is -2.61. The third-order valence-electron chi connectivity index (χ3n) is 13.8. The van der Waals surface area contributed by atoms with Crippen molar-refractivity contribution >= 4 is 23.9 Å². The van der Waals surface area contributed by atoms with Gasteiger partial charge in [-0.1, -0.05) is 245 Å². The van der Waals surface area contributed by atoms with Crippen molar-refractivity contribution in [2.45, 2.75) is 327 Å². The van der Waals surface area contributed by atoms with Crippen LogP contribution in [0, 0.1) is 0 Å². The van der Waals surface area contributed by atoms with E-state index in [4.69, 9.17) is 23.7 Å². The molecule has 0 bridgehead atoms. The third kappa shape index (κ3) is 38.7. The lowest BCUT2D eigenvalue weighted by Gasteiger charge is -2.40. The van der Waals surface area contributed by atoms with Crippen LogP contribution in [0.3, 0.4) is 0 Å². The van der Waals surface area contributed by atoms with Crippen molar-refractivity contribution in [3.8, 4) is 0 Å². The fraction of sp³-hybridized carbons (Fsp3) is 0.898. The molecule has 71 heavy (non-hydrogen) atoms. The number of unbranched alkanes of at least 4 members (excludes halogenated alkanes) is 35. The van der Waals surface area contributed by atoms with Crippen molar-refractivity contribution in [2.75, 3.05) is 13.2 Å². The molecule has 1 fully saturated rings. The van der Waals surface area contributed by atoms with Crippen LogP contribution in [-0.2, 0) is 42.9 Å². The summed E-state index contributed by atoms with van der Waals surface area (Å²) < 4.78 is 28.4. The number of esters is 3. The fourth-order valence-corrected chi connectivity index (χ4v) is 9.23. The van der Waals surface area contributed by atoms with Crippen molar-refractivity contribution in [3.05, 3.63) is 12.2 Å². The minimum absolute atomic E-state index is 0.0557. The Kier molecular flexibility index (Phi) is 45.3. The van der Waals surface area contributed by atoms with E-state index >= 15 is 0 Å². The Morgan fingerprint density at radius 1 is 0.451 bits per heavy atom. The molecule has 1 aliphatic heterocycles. The van der Waals surface area contributed by atoms with Crippen molar-refractivity contribution < 1.29 is 58.2 Å². The summed E-state index contributed by atoms with van der Waals surface area (Å²) in [6.07, 6.45) is 40.5. The summed E-state index contributed by atoms with van der Waals surface area (Å²) in [6, 6.07) is 0. The Bertz CT molecular complexity index is 1290. The lowest BCUT2D eigenvalue weighted by molar-refractivity contribution is -0.301. The second kappa shape index (κ2) is 48.4. The number of hydrogen-bond donors (Lipinski definition) is 3. The Labute approximate surface area is 433 Å². The van der Waals surface area contributed by atoms with Crippen molar-refractivity contribution in [1.29, 1.82) is 0 Å². The second-order valence-corrected chi connectivity index (χ2v) is 20.6. The van der Waals surface area contributed by atoms with Gasteiger partial charge in [0.2, 0.25) is 0 Å². The molecule has 0 aromatic rings. The fourth-order valence-electron chi connectivity index (χ4n) is 9.23. The summed E-state index contributed by atoms with van der Waals surface area (Å²) in [6.45, 7) is 5.97. The van der Waals surface area contributed by atoms with Crippen molar-refractivity contribution in [1.82, 2.24) is 0 Å². The van der Waals surface area contributed by atoms with Gasteiger partial charge in [-0.25, -0.2) is 4.79 Å². The summed E-state index contributed by atoms with van der Waals surface area (Å²) >= 11 is 0. The second-order valence-electron chi connectivity index (χ2n) is 20.6. The van der Waals surface area contributed by atoms with E-state index in [2.05, 4.69) is 32.9 Å². The highest BCUT2D eigenvalue weighted by molar-refractivity contribution is 5.74. The van der Waals surface area contributed by atoms with E-state index < -0.39 is 67.3 Å². The average molecular weight is 1010 g/mol. The highest BCUT2D eigenvalue weighted by Crippen LogP contribution is 2.27. The van der Waals surface area contributed by atoms with E-state index in [1.165, 1.54) is 154 Å². The van der Waals surface area contributed by atoms with Gasteiger partial charge >= 0.3 is 23.9 Å². The predicted molar refractivity (Wildman–Crippen MR) is 285 cm³/mol. The number of aliphatic hydroxyl groups is 2. The largest absolute Gasteiger partial charge is 0.479 e. The molecule has 1 heterocycles. The number of aliphatic carboxylic acids is 1. The maximum Gasteiger partial charge on any atom is 0.335 e. The number of carbonyl (C=O) groups excluding carboxylic acids is 3. The molecule has 12 nitrogen and oxygen atoms in total. The molecule has 416 valence electrons. The van der Waals surface area contributed by atoms with E-state index in [-0.39, 0.29) is 25.9 Å². The van der Waals surface area contributed by atoms with Gasteiger partial charge < -0.3 is 39.0 Å². The molecule has 1 aliphatic rings. The van der Waals surface area contributed by atoms with Crippen LogP contribution < -0.4 is 0 Å². The highest BCUT2D eigenvalue weighted by atomic mass is 16.7. The summed E-state index contributed by atoms with van der Waals surface area (Å²) in [5.41, 5.74) is 0. The monoisotopic (exact) mass is 1010 g/mol. The van der Waals surface area contributed by atoms with Crippen LogP contribution in [0.4, 0.5) is 0 Å². The minimum Gasteiger partial charge on any atom is -0.479 e. The van der Waals surface area contributed by atoms with Gasteiger partial charge in [0, 0.05) is 19.3 Å². The van der Waals surface area contributed by atoms with Gasteiger partial charge in [-0.05, 0) is 38.5 Å². The number of rotatable bonds is 51. The zero-order valence-corrected chi connectivity index (χ0v) is 45.7. The molecule has 0 aromatic carbocycles. The van der Waals surface area contributed by atoms with Crippen LogP contribution in [0.5, 0.6) is 0 Å². The Balaban J connectivity index is 2.66. The van der Waals surface area contributed by atoms with E-state index in [1.54, 1.807) is 0 Å². The first kappa shape index (κ1) is 66.5. The number of carbonyl (C=O) groups is 4.